The predicted molar refractivity (Wildman–Crippen MR) is 102 cm³/mol. The van der Waals surface area contributed by atoms with Gasteiger partial charge in [-0.1, -0.05) is 37.3 Å². The predicted octanol–water partition coefficient (Wildman–Crippen LogP) is 3.52. The Bertz CT molecular complexity index is 832. The molecule has 1 aliphatic rings. The SMILES string of the molecule is COc1ccc(/C(C)=N\NC(=O)[C@@H]2C[C@]2(C)c2ccccc2)c(OC)c1. The molecular formula is C21H24N2O3. The lowest BCUT2D eigenvalue weighted by molar-refractivity contribution is -0.122. The van der Waals surface area contributed by atoms with Crippen LogP contribution < -0.4 is 14.9 Å². The Morgan fingerprint density at radius 1 is 1.15 bits per heavy atom. The van der Waals surface area contributed by atoms with Gasteiger partial charge in [-0.2, -0.15) is 5.10 Å². The third kappa shape index (κ3) is 3.43. The zero-order chi connectivity index (χ0) is 18.7. The van der Waals surface area contributed by atoms with E-state index in [0.29, 0.717) is 17.2 Å². The normalized spacial score (nSPS) is 21.8. The highest BCUT2D eigenvalue weighted by Gasteiger charge is 2.55. The van der Waals surface area contributed by atoms with E-state index in [1.165, 1.54) is 5.56 Å². The van der Waals surface area contributed by atoms with Crippen LogP contribution in [0.2, 0.25) is 0 Å². The lowest BCUT2D eigenvalue weighted by atomic mass is 9.95. The van der Waals surface area contributed by atoms with Gasteiger partial charge >= 0.3 is 0 Å². The number of amides is 1. The minimum absolute atomic E-state index is 0.0526. The maximum Gasteiger partial charge on any atom is 0.244 e. The van der Waals surface area contributed by atoms with E-state index in [1.54, 1.807) is 20.3 Å². The quantitative estimate of drug-likeness (QED) is 0.639. The van der Waals surface area contributed by atoms with Crippen molar-refractivity contribution in [2.45, 2.75) is 25.7 Å². The summed E-state index contributed by atoms with van der Waals surface area (Å²) in [6.45, 7) is 3.96. The van der Waals surface area contributed by atoms with E-state index in [2.05, 4.69) is 29.6 Å². The van der Waals surface area contributed by atoms with Gasteiger partial charge in [-0.25, -0.2) is 5.43 Å². The van der Waals surface area contributed by atoms with Crippen molar-refractivity contribution in [2.75, 3.05) is 14.2 Å². The number of benzene rings is 2. The molecule has 1 fully saturated rings. The zero-order valence-electron chi connectivity index (χ0n) is 15.6. The number of carbonyl (C=O) groups excluding carboxylic acids is 1. The molecule has 0 aliphatic heterocycles. The van der Waals surface area contributed by atoms with Crippen LogP contribution in [0, 0.1) is 5.92 Å². The minimum Gasteiger partial charge on any atom is -0.497 e. The van der Waals surface area contributed by atoms with Crippen molar-refractivity contribution < 1.29 is 14.3 Å². The molecule has 1 amide bonds. The Hall–Kier alpha value is -2.82. The van der Waals surface area contributed by atoms with Gasteiger partial charge in [0.05, 0.1) is 25.8 Å². The average molecular weight is 352 g/mol. The van der Waals surface area contributed by atoms with Crippen LogP contribution >= 0.6 is 0 Å². The molecule has 0 bridgehead atoms. The molecule has 0 saturated heterocycles. The van der Waals surface area contributed by atoms with Crippen molar-refractivity contribution in [1.82, 2.24) is 5.43 Å². The Morgan fingerprint density at radius 2 is 1.88 bits per heavy atom. The summed E-state index contributed by atoms with van der Waals surface area (Å²) < 4.78 is 10.6. The molecule has 0 heterocycles. The Morgan fingerprint density at radius 3 is 2.54 bits per heavy atom. The van der Waals surface area contributed by atoms with E-state index in [1.807, 2.05) is 37.3 Å². The van der Waals surface area contributed by atoms with Crippen molar-refractivity contribution in [3.8, 4) is 11.5 Å². The van der Waals surface area contributed by atoms with Crippen LogP contribution in [0.5, 0.6) is 11.5 Å². The number of methoxy groups -OCH3 is 2. The number of ether oxygens (including phenoxy) is 2. The van der Waals surface area contributed by atoms with Crippen LogP contribution in [-0.4, -0.2) is 25.8 Å². The molecule has 3 rings (SSSR count). The van der Waals surface area contributed by atoms with Crippen molar-refractivity contribution in [3.63, 3.8) is 0 Å². The zero-order valence-corrected chi connectivity index (χ0v) is 15.6. The summed E-state index contributed by atoms with van der Waals surface area (Å²) >= 11 is 0. The lowest BCUT2D eigenvalue weighted by Gasteiger charge is -2.12. The molecule has 2 aromatic carbocycles. The second kappa shape index (κ2) is 7.20. The molecular weight excluding hydrogens is 328 g/mol. The monoisotopic (exact) mass is 352 g/mol. The number of hydrogen-bond acceptors (Lipinski definition) is 4. The van der Waals surface area contributed by atoms with E-state index in [0.717, 1.165) is 12.0 Å². The summed E-state index contributed by atoms with van der Waals surface area (Å²) in [5.41, 5.74) is 5.29. The lowest BCUT2D eigenvalue weighted by Crippen LogP contribution is -2.24. The third-order valence-corrected chi connectivity index (χ3v) is 5.12. The summed E-state index contributed by atoms with van der Waals surface area (Å²) in [5, 5.41) is 4.28. The van der Waals surface area contributed by atoms with Crippen LogP contribution in [0.1, 0.15) is 31.4 Å². The molecule has 136 valence electrons. The molecule has 1 N–H and O–H groups in total. The summed E-state index contributed by atoms with van der Waals surface area (Å²) in [6.07, 6.45) is 0.837. The number of carbonyl (C=O) groups is 1. The largest absolute Gasteiger partial charge is 0.497 e. The molecule has 1 aliphatic carbocycles. The summed E-state index contributed by atoms with van der Waals surface area (Å²) in [7, 11) is 3.20. The van der Waals surface area contributed by atoms with Crippen LogP contribution in [0.3, 0.4) is 0 Å². The fourth-order valence-electron chi connectivity index (χ4n) is 3.26. The molecule has 0 radical (unpaired) electrons. The first-order valence-corrected chi connectivity index (χ1v) is 8.61. The number of hydrogen-bond donors (Lipinski definition) is 1. The van der Waals surface area contributed by atoms with Crippen LogP contribution in [0.15, 0.2) is 53.6 Å². The summed E-state index contributed by atoms with van der Waals surface area (Å²) in [6, 6.07) is 15.6. The average Bonchev–Trinajstić information content (AvgIpc) is 3.39. The van der Waals surface area contributed by atoms with Gasteiger partial charge < -0.3 is 9.47 Å². The van der Waals surface area contributed by atoms with Gasteiger partial charge in [0.2, 0.25) is 5.91 Å². The molecule has 5 nitrogen and oxygen atoms in total. The molecule has 2 atom stereocenters. The second-order valence-electron chi connectivity index (χ2n) is 6.78. The molecule has 26 heavy (non-hydrogen) atoms. The van der Waals surface area contributed by atoms with Gasteiger partial charge in [-0.3, -0.25) is 4.79 Å². The van der Waals surface area contributed by atoms with Crippen LogP contribution in [0.4, 0.5) is 0 Å². The highest BCUT2D eigenvalue weighted by Crippen LogP contribution is 2.53. The number of hydrazone groups is 1. The first kappa shape index (κ1) is 18.0. The van der Waals surface area contributed by atoms with Crippen molar-refractivity contribution >= 4 is 11.6 Å². The van der Waals surface area contributed by atoms with Gasteiger partial charge in [0.1, 0.15) is 11.5 Å². The number of rotatable bonds is 6. The highest BCUT2D eigenvalue weighted by atomic mass is 16.5. The fourth-order valence-corrected chi connectivity index (χ4v) is 3.26. The fraction of sp³-hybridized carbons (Fsp3) is 0.333. The Labute approximate surface area is 154 Å². The van der Waals surface area contributed by atoms with E-state index >= 15 is 0 Å². The van der Waals surface area contributed by atoms with Crippen molar-refractivity contribution in [3.05, 3.63) is 59.7 Å². The third-order valence-electron chi connectivity index (χ3n) is 5.12. The maximum absolute atomic E-state index is 12.5. The summed E-state index contributed by atoms with van der Waals surface area (Å²) in [4.78, 5) is 12.5. The Kier molecular flexibility index (Phi) is 4.98. The van der Waals surface area contributed by atoms with E-state index in [-0.39, 0.29) is 17.2 Å². The smallest absolute Gasteiger partial charge is 0.244 e. The minimum atomic E-state index is -0.105. The first-order chi connectivity index (χ1) is 12.5. The molecule has 0 spiro atoms. The van der Waals surface area contributed by atoms with Gasteiger partial charge in [0.15, 0.2) is 0 Å². The van der Waals surface area contributed by atoms with Crippen molar-refractivity contribution in [2.24, 2.45) is 11.0 Å². The van der Waals surface area contributed by atoms with Crippen LogP contribution in [-0.2, 0) is 10.2 Å². The summed E-state index contributed by atoms with van der Waals surface area (Å²) in [5.74, 6) is 1.25. The van der Waals surface area contributed by atoms with E-state index < -0.39 is 0 Å². The second-order valence-corrected chi connectivity index (χ2v) is 6.78. The molecule has 2 aromatic rings. The van der Waals surface area contributed by atoms with E-state index in [4.69, 9.17) is 9.47 Å². The van der Waals surface area contributed by atoms with Crippen molar-refractivity contribution in [1.29, 1.82) is 0 Å². The molecule has 0 unspecified atom stereocenters. The number of nitrogens with one attached hydrogen (secondary N) is 1. The standard InChI is InChI=1S/C21H24N2O3/c1-14(17-11-10-16(25-3)12-19(17)26-4)22-23-20(24)18-13-21(18,2)15-8-6-5-7-9-15/h5-12,18H,13H2,1-4H3,(H,23,24)/b22-14-/t18-,21+/m0/s1. The molecule has 5 heteroatoms. The molecule has 0 aromatic heterocycles. The topological polar surface area (TPSA) is 59.9 Å². The first-order valence-electron chi connectivity index (χ1n) is 8.61. The maximum atomic E-state index is 12.5. The van der Waals surface area contributed by atoms with E-state index in [9.17, 15) is 4.79 Å². The highest BCUT2D eigenvalue weighted by molar-refractivity contribution is 6.02. The Balaban J connectivity index is 1.70. The van der Waals surface area contributed by atoms with Gasteiger partial charge in [0, 0.05) is 17.0 Å². The van der Waals surface area contributed by atoms with Gasteiger partial charge in [-0.15, -0.1) is 0 Å². The van der Waals surface area contributed by atoms with Crippen LogP contribution in [0.25, 0.3) is 0 Å². The number of nitrogens with zero attached hydrogens (tertiary/aromatic N) is 1. The van der Waals surface area contributed by atoms with Gasteiger partial charge in [-0.05, 0) is 31.0 Å². The van der Waals surface area contributed by atoms with Gasteiger partial charge in [0.25, 0.3) is 0 Å². The molecule has 1 saturated carbocycles.